The molecule has 1 unspecified atom stereocenters. The molecule has 1 atom stereocenters. The van der Waals surface area contributed by atoms with E-state index >= 15 is 0 Å². The Morgan fingerprint density at radius 3 is 1.77 bits per heavy atom. The van der Waals surface area contributed by atoms with Gasteiger partial charge >= 0.3 is 0 Å². The average molecular weight is 182 g/mol. The molecule has 0 heterocycles. The van der Waals surface area contributed by atoms with Gasteiger partial charge in [0.05, 0.1) is 0 Å². The molecule has 0 bridgehead atoms. The zero-order valence-corrected chi connectivity index (χ0v) is 10.1. The molecule has 1 fully saturated rings. The Morgan fingerprint density at radius 1 is 1.08 bits per heavy atom. The fourth-order valence-electron chi connectivity index (χ4n) is 3.31. The summed E-state index contributed by atoms with van der Waals surface area (Å²) in [6.45, 7) is 12.0. The first kappa shape index (κ1) is 11.1. The largest absolute Gasteiger partial charge is 0.0654 e. The van der Waals surface area contributed by atoms with Crippen LogP contribution < -0.4 is 0 Å². The third-order valence-corrected chi connectivity index (χ3v) is 4.52. The zero-order valence-electron chi connectivity index (χ0n) is 10.1. The van der Waals surface area contributed by atoms with Crippen molar-refractivity contribution in [2.75, 3.05) is 0 Å². The maximum Gasteiger partial charge on any atom is -0.0236 e. The summed E-state index contributed by atoms with van der Waals surface area (Å²) in [5.41, 5.74) is 1.39. The van der Waals surface area contributed by atoms with Crippen molar-refractivity contribution in [1.82, 2.24) is 0 Å². The summed E-state index contributed by atoms with van der Waals surface area (Å²) in [4.78, 5) is 0. The van der Waals surface area contributed by atoms with Crippen molar-refractivity contribution in [3.05, 3.63) is 0 Å². The minimum atomic E-state index is 0.666. The lowest BCUT2D eigenvalue weighted by atomic mass is 9.80. The van der Waals surface area contributed by atoms with E-state index in [-0.39, 0.29) is 0 Å². The van der Waals surface area contributed by atoms with E-state index < -0.39 is 0 Å². The minimum Gasteiger partial charge on any atom is -0.0654 e. The first-order valence-corrected chi connectivity index (χ1v) is 6.02. The van der Waals surface area contributed by atoms with Gasteiger partial charge in [0.15, 0.2) is 0 Å². The molecule has 0 N–H and O–H groups in total. The van der Waals surface area contributed by atoms with E-state index in [1.807, 2.05) is 0 Å². The molecule has 1 aliphatic rings. The van der Waals surface area contributed by atoms with Gasteiger partial charge in [0, 0.05) is 0 Å². The number of hydrogen-bond acceptors (Lipinski definition) is 0. The van der Waals surface area contributed by atoms with Crippen molar-refractivity contribution in [1.29, 1.82) is 0 Å². The van der Waals surface area contributed by atoms with Gasteiger partial charge in [0.1, 0.15) is 0 Å². The summed E-state index contributed by atoms with van der Waals surface area (Å²) in [5.74, 6) is 0.866. The monoisotopic (exact) mass is 182 g/mol. The standard InChI is InChI=1S/C13H26/c1-6-8-13(9-7-2)10-12(13,5)11(3)4/h11H,6-10H2,1-5H3. The molecule has 13 heavy (non-hydrogen) atoms. The predicted molar refractivity (Wildman–Crippen MR) is 59.8 cm³/mol. The van der Waals surface area contributed by atoms with E-state index in [1.165, 1.54) is 32.1 Å². The normalized spacial score (nSPS) is 30.9. The first-order chi connectivity index (χ1) is 6.02. The van der Waals surface area contributed by atoms with Crippen molar-refractivity contribution < 1.29 is 0 Å². The van der Waals surface area contributed by atoms with Crippen LogP contribution in [0.2, 0.25) is 0 Å². The molecule has 0 aromatic rings. The summed E-state index contributed by atoms with van der Waals surface area (Å²) in [7, 11) is 0. The van der Waals surface area contributed by atoms with Gasteiger partial charge in [-0.1, -0.05) is 47.5 Å². The van der Waals surface area contributed by atoms with Crippen LogP contribution >= 0.6 is 0 Å². The van der Waals surface area contributed by atoms with Crippen molar-refractivity contribution in [3.8, 4) is 0 Å². The van der Waals surface area contributed by atoms with Crippen LogP contribution in [-0.4, -0.2) is 0 Å². The summed E-state index contributed by atoms with van der Waals surface area (Å²) in [5, 5.41) is 0. The fourth-order valence-corrected chi connectivity index (χ4v) is 3.31. The molecule has 0 spiro atoms. The van der Waals surface area contributed by atoms with Crippen LogP contribution in [0.15, 0.2) is 0 Å². The summed E-state index contributed by atoms with van der Waals surface area (Å²) in [6, 6.07) is 0. The number of rotatable bonds is 5. The molecule has 0 amide bonds. The predicted octanol–water partition coefficient (Wildman–Crippen LogP) is 4.64. The molecule has 0 radical (unpaired) electrons. The molecule has 0 aromatic heterocycles. The second-order valence-electron chi connectivity index (χ2n) is 5.53. The Morgan fingerprint density at radius 2 is 1.54 bits per heavy atom. The Labute approximate surface area is 84.1 Å². The lowest BCUT2D eigenvalue weighted by Gasteiger charge is -2.25. The van der Waals surface area contributed by atoms with Crippen LogP contribution in [0.1, 0.15) is 66.7 Å². The van der Waals surface area contributed by atoms with Crippen molar-refractivity contribution in [2.45, 2.75) is 66.7 Å². The fraction of sp³-hybridized carbons (Fsp3) is 1.00. The van der Waals surface area contributed by atoms with Crippen molar-refractivity contribution >= 4 is 0 Å². The Bertz CT molecular complexity index is 163. The highest BCUT2D eigenvalue weighted by atomic mass is 14.7. The van der Waals surface area contributed by atoms with Gasteiger partial charge < -0.3 is 0 Å². The molecule has 0 aromatic carbocycles. The van der Waals surface area contributed by atoms with Gasteiger partial charge in [-0.3, -0.25) is 0 Å². The highest BCUT2D eigenvalue weighted by molar-refractivity contribution is 5.12. The molecule has 0 saturated heterocycles. The average Bonchev–Trinajstić information content (AvgIpc) is 2.59. The van der Waals surface area contributed by atoms with E-state index in [4.69, 9.17) is 0 Å². The van der Waals surface area contributed by atoms with Crippen LogP contribution in [0.25, 0.3) is 0 Å². The second-order valence-corrected chi connectivity index (χ2v) is 5.53. The summed E-state index contributed by atoms with van der Waals surface area (Å²) in [6.07, 6.45) is 7.12. The van der Waals surface area contributed by atoms with E-state index in [0.717, 1.165) is 11.3 Å². The lowest BCUT2D eigenvalue weighted by molar-refractivity contribution is 0.244. The molecule has 0 heteroatoms. The topological polar surface area (TPSA) is 0 Å². The van der Waals surface area contributed by atoms with Crippen LogP contribution in [0.5, 0.6) is 0 Å². The van der Waals surface area contributed by atoms with Crippen LogP contribution in [0.3, 0.4) is 0 Å². The Balaban J connectivity index is 2.64. The number of hydrogen-bond donors (Lipinski definition) is 0. The van der Waals surface area contributed by atoms with Gasteiger partial charge in [-0.2, -0.15) is 0 Å². The quantitative estimate of drug-likeness (QED) is 0.581. The molecular weight excluding hydrogens is 156 g/mol. The van der Waals surface area contributed by atoms with Crippen LogP contribution in [0, 0.1) is 16.7 Å². The van der Waals surface area contributed by atoms with Gasteiger partial charge in [0.2, 0.25) is 0 Å². The van der Waals surface area contributed by atoms with E-state index in [2.05, 4.69) is 34.6 Å². The molecule has 1 rings (SSSR count). The molecule has 1 saturated carbocycles. The third kappa shape index (κ3) is 1.65. The van der Waals surface area contributed by atoms with Gasteiger partial charge in [-0.05, 0) is 36.0 Å². The first-order valence-electron chi connectivity index (χ1n) is 6.02. The van der Waals surface area contributed by atoms with Crippen LogP contribution in [0.4, 0.5) is 0 Å². The molecule has 78 valence electrons. The Hall–Kier alpha value is 0. The molecule has 0 aliphatic heterocycles. The second kappa shape index (κ2) is 3.63. The minimum absolute atomic E-state index is 0.666. The van der Waals surface area contributed by atoms with E-state index in [1.54, 1.807) is 0 Å². The Kier molecular flexibility index (Phi) is 3.09. The summed E-state index contributed by atoms with van der Waals surface area (Å²) >= 11 is 0. The smallest absolute Gasteiger partial charge is 0.0236 e. The van der Waals surface area contributed by atoms with Gasteiger partial charge in [-0.15, -0.1) is 0 Å². The third-order valence-electron chi connectivity index (χ3n) is 4.52. The van der Waals surface area contributed by atoms with Gasteiger partial charge in [-0.25, -0.2) is 0 Å². The highest BCUT2D eigenvalue weighted by Crippen LogP contribution is 2.71. The van der Waals surface area contributed by atoms with E-state index in [9.17, 15) is 0 Å². The lowest BCUT2D eigenvalue weighted by Crippen LogP contribution is -2.16. The summed E-state index contributed by atoms with van der Waals surface area (Å²) < 4.78 is 0. The zero-order chi connectivity index (χ0) is 10.1. The maximum absolute atomic E-state index is 2.50. The van der Waals surface area contributed by atoms with Crippen LogP contribution in [-0.2, 0) is 0 Å². The molecular formula is C13H26. The van der Waals surface area contributed by atoms with E-state index in [0.29, 0.717) is 5.41 Å². The molecule has 0 nitrogen and oxygen atoms in total. The SMILES string of the molecule is CCCC1(CCC)CC1(C)C(C)C. The van der Waals surface area contributed by atoms with Crippen molar-refractivity contribution in [3.63, 3.8) is 0 Å². The maximum atomic E-state index is 2.50. The van der Waals surface area contributed by atoms with Gasteiger partial charge in [0.25, 0.3) is 0 Å². The molecule has 1 aliphatic carbocycles. The van der Waals surface area contributed by atoms with Crippen molar-refractivity contribution in [2.24, 2.45) is 16.7 Å². The highest BCUT2D eigenvalue weighted by Gasteiger charge is 2.63.